The van der Waals surface area contributed by atoms with Gasteiger partial charge < -0.3 is 36.0 Å². The number of rotatable bonds is 2. The first-order valence-corrected chi connectivity index (χ1v) is 8.91. The van der Waals surface area contributed by atoms with Crippen LogP contribution in [-0.2, 0) is 4.74 Å². The molecule has 27 heavy (non-hydrogen) atoms. The molecule has 0 unspecified atom stereocenters. The fourth-order valence-corrected chi connectivity index (χ4v) is 4.07. The van der Waals surface area contributed by atoms with E-state index in [4.69, 9.17) is 10.5 Å². The van der Waals surface area contributed by atoms with Crippen molar-refractivity contribution in [2.75, 3.05) is 0 Å². The highest BCUT2D eigenvalue weighted by Gasteiger charge is 2.46. The van der Waals surface area contributed by atoms with E-state index in [0.29, 0.717) is 22.3 Å². The van der Waals surface area contributed by atoms with Crippen molar-refractivity contribution in [3.8, 4) is 0 Å². The molecule has 0 spiro atoms. The first-order valence-electron chi connectivity index (χ1n) is 8.91. The van der Waals surface area contributed by atoms with E-state index in [1.54, 1.807) is 48.5 Å². The normalized spacial score (nSPS) is 38.1. The summed E-state index contributed by atoms with van der Waals surface area (Å²) in [5.41, 5.74) is 8.29. The number of aliphatic hydroxyl groups excluding tert-OH is 5. The van der Waals surface area contributed by atoms with Crippen LogP contribution in [0.1, 0.15) is 46.7 Å². The number of benzene rings is 2. The van der Waals surface area contributed by atoms with Gasteiger partial charge in [0, 0.05) is 0 Å². The van der Waals surface area contributed by atoms with Gasteiger partial charge in [-0.3, -0.25) is 0 Å². The Balaban J connectivity index is 1.75. The number of ether oxygens (including phenoxy) is 1. The Morgan fingerprint density at radius 3 is 1.59 bits per heavy atom. The number of hydrogen-bond donors (Lipinski definition) is 6. The van der Waals surface area contributed by atoms with Gasteiger partial charge in [0.2, 0.25) is 0 Å². The highest BCUT2D eigenvalue weighted by Crippen LogP contribution is 2.45. The molecule has 0 aliphatic heterocycles. The lowest BCUT2D eigenvalue weighted by molar-refractivity contribution is -0.171. The molecule has 144 valence electrons. The van der Waals surface area contributed by atoms with Crippen LogP contribution in [0.2, 0.25) is 0 Å². The molecule has 2 aliphatic carbocycles. The Kier molecular flexibility index (Phi) is 4.77. The van der Waals surface area contributed by atoms with Gasteiger partial charge in [-0.25, -0.2) is 0 Å². The first kappa shape index (κ1) is 18.5. The van der Waals surface area contributed by atoms with Gasteiger partial charge in [0.15, 0.2) is 0 Å². The van der Waals surface area contributed by atoms with E-state index in [9.17, 15) is 25.5 Å². The van der Waals surface area contributed by atoms with Gasteiger partial charge in [-0.2, -0.15) is 0 Å². The largest absolute Gasteiger partial charge is 0.388 e. The Labute approximate surface area is 156 Å². The Bertz CT molecular complexity index is 762. The van der Waals surface area contributed by atoms with Gasteiger partial charge in [0.05, 0.1) is 6.04 Å². The van der Waals surface area contributed by atoms with Crippen LogP contribution in [0.25, 0.3) is 0 Å². The summed E-state index contributed by atoms with van der Waals surface area (Å²) in [6, 6.07) is 12.9. The second kappa shape index (κ2) is 6.96. The van der Waals surface area contributed by atoms with Crippen LogP contribution in [-0.4, -0.2) is 49.9 Å². The Hall–Kier alpha value is -1.84. The molecule has 0 amide bonds. The Morgan fingerprint density at radius 1 is 0.593 bits per heavy atom. The molecule has 2 aromatic rings. The van der Waals surface area contributed by atoms with Crippen LogP contribution in [0.4, 0.5) is 0 Å². The number of fused-ring (bicyclic) bond motifs is 2. The highest BCUT2D eigenvalue weighted by molar-refractivity contribution is 5.38. The molecule has 0 saturated heterocycles. The minimum atomic E-state index is -1.42. The van der Waals surface area contributed by atoms with Gasteiger partial charge in [-0.15, -0.1) is 0 Å². The predicted octanol–water partition coefficient (Wildman–Crippen LogP) is -0.0104. The van der Waals surface area contributed by atoms with Crippen molar-refractivity contribution in [3.63, 3.8) is 0 Å². The average Bonchev–Trinajstić information content (AvgIpc) is 2.70. The molecule has 0 saturated carbocycles. The summed E-state index contributed by atoms with van der Waals surface area (Å²) < 4.78 is 6.13. The topological polar surface area (TPSA) is 136 Å². The van der Waals surface area contributed by atoms with Crippen LogP contribution >= 0.6 is 0 Å². The van der Waals surface area contributed by atoms with Crippen LogP contribution in [0.5, 0.6) is 0 Å². The molecule has 7 heteroatoms. The van der Waals surface area contributed by atoms with Crippen LogP contribution in [0.15, 0.2) is 48.5 Å². The molecule has 2 aliphatic rings. The number of aliphatic hydroxyl groups is 5. The van der Waals surface area contributed by atoms with Crippen molar-refractivity contribution >= 4 is 0 Å². The van der Waals surface area contributed by atoms with Crippen molar-refractivity contribution in [3.05, 3.63) is 70.8 Å². The monoisotopic (exact) mass is 373 g/mol. The maximum absolute atomic E-state index is 10.5. The first-order chi connectivity index (χ1) is 12.9. The lowest BCUT2D eigenvalue weighted by Gasteiger charge is -2.43. The third kappa shape index (κ3) is 2.88. The zero-order valence-corrected chi connectivity index (χ0v) is 14.5. The summed E-state index contributed by atoms with van der Waals surface area (Å²) in [4.78, 5) is 0. The molecule has 2 aromatic carbocycles. The number of nitrogens with two attached hydrogens (primary N) is 1. The van der Waals surface area contributed by atoms with Crippen molar-refractivity contribution in [2.24, 2.45) is 5.73 Å². The maximum Gasteiger partial charge on any atom is 0.113 e. The van der Waals surface area contributed by atoms with E-state index >= 15 is 0 Å². The fraction of sp³-hybridized carbons (Fsp3) is 0.400. The van der Waals surface area contributed by atoms with Crippen LogP contribution in [0.3, 0.4) is 0 Å². The predicted molar refractivity (Wildman–Crippen MR) is 95.4 cm³/mol. The zero-order chi connectivity index (χ0) is 19.3. The van der Waals surface area contributed by atoms with Crippen molar-refractivity contribution < 1.29 is 30.3 Å². The molecule has 7 N–H and O–H groups in total. The molecule has 0 heterocycles. The molecule has 7 nitrogen and oxygen atoms in total. The van der Waals surface area contributed by atoms with E-state index in [1.807, 2.05) is 0 Å². The SMILES string of the molecule is N[C@H]1[C@H](O)[C@H](O)c2ccccc2[C@@H]1O[C@H]1c2ccccc2[C@@H](O)[C@@H](O)[C@@H]1O. The minimum Gasteiger partial charge on any atom is -0.388 e. The quantitative estimate of drug-likeness (QED) is 0.436. The summed E-state index contributed by atoms with van der Waals surface area (Å²) in [7, 11) is 0. The van der Waals surface area contributed by atoms with E-state index < -0.39 is 48.8 Å². The van der Waals surface area contributed by atoms with E-state index in [2.05, 4.69) is 0 Å². The number of hydrogen-bond acceptors (Lipinski definition) is 7. The highest BCUT2D eigenvalue weighted by atomic mass is 16.5. The van der Waals surface area contributed by atoms with Gasteiger partial charge >= 0.3 is 0 Å². The molecular weight excluding hydrogens is 350 g/mol. The van der Waals surface area contributed by atoms with Crippen LogP contribution in [0, 0.1) is 0 Å². The molecule has 0 radical (unpaired) electrons. The van der Waals surface area contributed by atoms with E-state index in [1.165, 1.54) is 0 Å². The summed E-state index contributed by atoms with van der Waals surface area (Å²) in [5, 5.41) is 51.7. The van der Waals surface area contributed by atoms with Crippen molar-refractivity contribution in [1.29, 1.82) is 0 Å². The molecule has 8 atom stereocenters. The molecule has 0 aromatic heterocycles. The van der Waals surface area contributed by atoms with Gasteiger partial charge in [-0.05, 0) is 22.3 Å². The lowest BCUT2D eigenvalue weighted by atomic mass is 9.80. The molecular formula is C20H23NO6. The standard InChI is InChI=1S/C20H23NO6/c21-13-16(24)14(22)9-5-1-3-7-11(9)19(13)27-20-12-8-4-2-6-10(12)15(23)17(25)18(20)26/h1-8,13-20,22-26H,21H2/t13-,14+,15+,16-,17+,18-,19-,20-/m0/s1. The van der Waals surface area contributed by atoms with Crippen molar-refractivity contribution in [1.82, 2.24) is 0 Å². The zero-order valence-electron chi connectivity index (χ0n) is 14.5. The summed E-state index contributed by atoms with van der Waals surface area (Å²) >= 11 is 0. The van der Waals surface area contributed by atoms with E-state index in [0.717, 1.165) is 0 Å². The van der Waals surface area contributed by atoms with Gasteiger partial charge in [0.25, 0.3) is 0 Å². The fourth-order valence-electron chi connectivity index (χ4n) is 4.07. The molecule has 0 bridgehead atoms. The lowest BCUT2D eigenvalue weighted by Crippen LogP contribution is -2.50. The third-order valence-corrected chi connectivity index (χ3v) is 5.59. The van der Waals surface area contributed by atoms with Gasteiger partial charge in [0.1, 0.15) is 42.7 Å². The van der Waals surface area contributed by atoms with Crippen molar-refractivity contribution in [2.45, 2.75) is 48.8 Å². The second-order valence-electron chi connectivity index (χ2n) is 7.17. The second-order valence-corrected chi connectivity index (χ2v) is 7.17. The summed E-state index contributed by atoms with van der Waals surface area (Å²) in [6.07, 6.45) is -8.16. The van der Waals surface area contributed by atoms with Gasteiger partial charge in [-0.1, -0.05) is 48.5 Å². The third-order valence-electron chi connectivity index (χ3n) is 5.59. The smallest absolute Gasteiger partial charge is 0.113 e. The summed E-state index contributed by atoms with van der Waals surface area (Å²) in [5.74, 6) is 0. The average molecular weight is 373 g/mol. The van der Waals surface area contributed by atoms with E-state index in [-0.39, 0.29) is 0 Å². The molecule has 4 rings (SSSR count). The Morgan fingerprint density at radius 2 is 1.04 bits per heavy atom. The minimum absolute atomic E-state index is 0.471. The summed E-state index contributed by atoms with van der Waals surface area (Å²) in [6.45, 7) is 0. The van der Waals surface area contributed by atoms with Crippen LogP contribution < -0.4 is 5.73 Å². The molecule has 0 fully saturated rings. The maximum atomic E-state index is 10.5.